The molecule has 0 aliphatic carbocycles. The molecule has 0 fully saturated rings. The SMILES string of the molecule is CC(C)(N)C1CS(=O)(=O)c2ccccc21. The van der Waals surface area contributed by atoms with Gasteiger partial charge in [-0.3, -0.25) is 0 Å². The Kier molecular flexibility index (Phi) is 2.17. The molecular weight excluding hydrogens is 210 g/mol. The highest BCUT2D eigenvalue weighted by atomic mass is 32.2. The lowest BCUT2D eigenvalue weighted by Gasteiger charge is -2.26. The van der Waals surface area contributed by atoms with E-state index in [2.05, 4.69) is 0 Å². The number of nitrogens with two attached hydrogens (primary N) is 1. The fraction of sp³-hybridized carbons (Fsp3) is 0.455. The summed E-state index contributed by atoms with van der Waals surface area (Å²) >= 11 is 0. The van der Waals surface area contributed by atoms with Crippen LogP contribution in [0.1, 0.15) is 25.3 Å². The van der Waals surface area contributed by atoms with Crippen molar-refractivity contribution < 1.29 is 8.42 Å². The monoisotopic (exact) mass is 225 g/mol. The topological polar surface area (TPSA) is 60.2 Å². The molecule has 1 aliphatic heterocycles. The average Bonchev–Trinajstić information content (AvgIpc) is 2.39. The largest absolute Gasteiger partial charge is 0.325 e. The van der Waals surface area contributed by atoms with Crippen LogP contribution in [0.25, 0.3) is 0 Å². The number of hydrogen-bond donors (Lipinski definition) is 1. The van der Waals surface area contributed by atoms with E-state index >= 15 is 0 Å². The Labute approximate surface area is 90.2 Å². The minimum Gasteiger partial charge on any atom is -0.325 e. The lowest BCUT2D eigenvalue weighted by Crippen LogP contribution is -2.40. The van der Waals surface area contributed by atoms with Crippen molar-refractivity contribution in [1.29, 1.82) is 0 Å². The fourth-order valence-corrected chi connectivity index (χ4v) is 4.15. The Morgan fingerprint density at radius 1 is 1.33 bits per heavy atom. The Balaban J connectivity index is 2.62. The molecule has 1 unspecified atom stereocenters. The summed E-state index contributed by atoms with van der Waals surface area (Å²) < 4.78 is 23.7. The highest BCUT2D eigenvalue weighted by Gasteiger charge is 2.40. The Morgan fingerprint density at radius 3 is 2.53 bits per heavy atom. The van der Waals surface area contributed by atoms with Crippen LogP contribution in [0.3, 0.4) is 0 Å². The Bertz CT molecular complexity index is 486. The molecule has 0 radical (unpaired) electrons. The van der Waals surface area contributed by atoms with Crippen molar-refractivity contribution in [3.63, 3.8) is 0 Å². The maximum Gasteiger partial charge on any atom is 0.179 e. The molecule has 0 saturated heterocycles. The maximum absolute atomic E-state index is 11.9. The quantitative estimate of drug-likeness (QED) is 0.783. The summed E-state index contributed by atoms with van der Waals surface area (Å²) in [6.07, 6.45) is 0. The molecule has 1 heterocycles. The zero-order valence-corrected chi connectivity index (χ0v) is 9.71. The van der Waals surface area contributed by atoms with Gasteiger partial charge in [0.15, 0.2) is 9.84 Å². The number of fused-ring (bicyclic) bond motifs is 1. The van der Waals surface area contributed by atoms with Crippen molar-refractivity contribution in [3.8, 4) is 0 Å². The highest BCUT2D eigenvalue weighted by Crippen LogP contribution is 2.39. The van der Waals surface area contributed by atoms with E-state index in [0.29, 0.717) is 4.90 Å². The Hall–Kier alpha value is -0.870. The Morgan fingerprint density at radius 2 is 1.93 bits per heavy atom. The van der Waals surface area contributed by atoms with Gasteiger partial charge in [0, 0.05) is 11.5 Å². The van der Waals surface area contributed by atoms with Gasteiger partial charge in [0.05, 0.1) is 10.6 Å². The van der Waals surface area contributed by atoms with Crippen LogP contribution in [-0.4, -0.2) is 19.7 Å². The summed E-state index contributed by atoms with van der Waals surface area (Å²) in [6, 6.07) is 7.14. The molecule has 0 amide bonds. The van der Waals surface area contributed by atoms with Crippen molar-refractivity contribution in [1.82, 2.24) is 0 Å². The molecule has 15 heavy (non-hydrogen) atoms. The molecule has 1 aromatic carbocycles. The van der Waals surface area contributed by atoms with Crippen LogP contribution in [-0.2, 0) is 9.84 Å². The van der Waals surface area contributed by atoms with Crippen molar-refractivity contribution >= 4 is 9.84 Å². The van der Waals surface area contributed by atoms with E-state index in [-0.39, 0.29) is 11.7 Å². The van der Waals surface area contributed by atoms with Crippen LogP contribution in [0.2, 0.25) is 0 Å². The third-order valence-electron chi connectivity index (χ3n) is 2.91. The molecule has 2 rings (SSSR count). The van der Waals surface area contributed by atoms with Gasteiger partial charge in [0.25, 0.3) is 0 Å². The summed E-state index contributed by atoms with van der Waals surface area (Å²) in [4.78, 5) is 0.452. The lowest BCUT2D eigenvalue weighted by atomic mass is 9.84. The van der Waals surface area contributed by atoms with Crippen molar-refractivity contribution in [2.75, 3.05) is 5.75 Å². The molecule has 1 aromatic rings. The third-order valence-corrected chi connectivity index (χ3v) is 4.73. The van der Waals surface area contributed by atoms with Crippen LogP contribution in [0.4, 0.5) is 0 Å². The molecule has 82 valence electrons. The zero-order chi connectivity index (χ0) is 11.3. The molecule has 0 spiro atoms. The first-order chi connectivity index (χ1) is 6.82. The molecular formula is C11H15NO2S. The second-order valence-corrected chi connectivity index (χ2v) is 6.70. The van der Waals surface area contributed by atoms with E-state index in [1.54, 1.807) is 12.1 Å². The lowest BCUT2D eigenvalue weighted by molar-refractivity contribution is 0.439. The van der Waals surface area contributed by atoms with Crippen molar-refractivity contribution in [2.45, 2.75) is 30.2 Å². The van der Waals surface area contributed by atoms with Crippen LogP contribution >= 0.6 is 0 Å². The number of benzene rings is 1. The van der Waals surface area contributed by atoms with Gasteiger partial charge in [-0.15, -0.1) is 0 Å². The molecule has 3 nitrogen and oxygen atoms in total. The van der Waals surface area contributed by atoms with Crippen LogP contribution in [0.5, 0.6) is 0 Å². The van der Waals surface area contributed by atoms with Gasteiger partial charge in [-0.1, -0.05) is 18.2 Å². The standard InChI is InChI=1S/C11H15NO2S/c1-11(2,12)9-7-15(13,14)10-6-4-3-5-8(9)10/h3-6,9H,7,12H2,1-2H3. The predicted octanol–water partition coefficient (Wildman–Crippen LogP) is 1.29. The van der Waals surface area contributed by atoms with E-state index in [4.69, 9.17) is 5.73 Å². The maximum atomic E-state index is 11.9. The molecule has 0 aromatic heterocycles. The van der Waals surface area contributed by atoms with E-state index in [1.165, 1.54) is 0 Å². The van der Waals surface area contributed by atoms with Gasteiger partial charge in [-0.25, -0.2) is 8.42 Å². The molecule has 0 saturated carbocycles. The minimum absolute atomic E-state index is 0.0984. The highest BCUT2D eigenvalue weighted by molar-refractivity contribution is 7.91. The van der Waals surface area contributed by atoms with Crippen molar-refractivity contribution in [2.24, 2.45) is 5.73 Å². The third kappa shape index (κ3) is 1.68. The number of rotatable bonds is 1. The summed E-state index contributed by atoms with van der Waals surface area (Å²) in [6.45, 7) is 3.74. The number of hydrogen-bond acceptors (Lipinski definition) is 3. The molecule has 4 heteroatoms. The van der Waals surface area contributed by atoms with E-state index < -0.39 is 15.4 Å². The normalized spacial score (nSPS) is 23.8. The van der Waals surface area contributed by atoms with Gasteiger partial charge in [0.1, 0.15) is 0 Å². The second-order valence-electron chi connectivity index (χ2n) is 4.69. The molecule has 1 aliphatic rings. The van der Waals surface area contributed by atoms with Gasteiger partial charge < -0.3 is 5.73 Å². The molecule has 0 bridgehead atoms. The van der Waals surface area contributed by atoms with Crippen molar-refractivity contribution in [3.05, 3.63) is 29.8 Å². The first-order valence-electron chi connectivity index (χ1n) is 4.93. The van der Waals surface area contributed by atoms with Crippen LogP contribution in [0.15, 0.2) is 29.2 Å². The smallest absolute Gasteiger partial charge is 0.179 e. The minimum atomic E-state index is -3.12. The zero-order valence-electron chi connectivity index (χ0n) is 8.90. The van der Waals surface area contributed by atoms with Gasteiger partial charge in [-0.05, 0) is 25.5 Å². The summed E-state index contributed by atoms with van der Waals surface area (Å²) in [5.74, 6) is 0.0363. The van der Waals surface area contributed by atoms with Crippen LogP contribution < -0.4 is 5.73 Å². The van der Waals surface area contributed by atoms with Gasteiger partial charge in [-0.2, -0.15) is 0 Å². The van der Waals surface area contributed by atoms with Gasteiger partial charge >= 0.3 is 0 Å². The van der Waals surface area contributed by atoms with E-state index in [9.17, 15) is 8.42 Å². The first-order valence-corrected chi connectivity index (χ1v) is 6.58. The van der Waals surface area contributed by atoms with E-state index in [0.717, 1.165) is 5.56 Å². The van der Waals surface area contributed by atoms with Gasteiger partial charge in [0.2, 0.25) is 0 Å². The molecule has 1 atom stereocenters. The second kappa shape index (κ2) is 3.06. The summed E-state index contributed by atoms with van der Waals surface area (Å²) in [5, 5.41) is 0. The first kappa shape index (κ1) is 10.6. The number of sulfone groups is 1. The molecule has 2 N–H and O–H groups in total. The predicted molar refractivity (Wildman–Crippen MR) is 59.5 cm³/mol. The summed E-state index contributed by atoms with van der Waals surface area (Å²) in [5.41, 5.74) is 6.38. The average molecular weight is 225 g/mol. The van der Waals surface area contributed by atoms with Crippen LogP contribution in [0, 0.1) is 0 Å². The summed E-state index contributed by atoms with van der Waals surface area (Å²) in [7, 11) is -3.12. The fourth-order valence-electron chi connectivity index (χ4n) is 2.07. The van der Waals surface area contributed by atoms with E-state index in [1.807, 2.05) is 26.0 Å².